The van der Waals surface area contributed by atoms with Gasteiger partial charge < -0.3 is 0 Å². The average Bonchev–Trinajstić information content (AvgIpc) is 2.49. The third-order valence-electron chi connectivity index (χ3n) is 3.60. The van der Waals surface area contributed by atoms with Gasteiger partial charge in [-0.05, 0) is 91.7 Å². The van der Waals surface area contributed by atoms with Crippen molar-refractivity contribution in [3.05, 3.63) is 54.7 Å². The molecule has 0 radical (unpaired) electrons. The van der Waals surface area contributed by atoms with Crippen LogP contribution in [-0.4, -0.2) is 0 Å². The van der Waals surface area contributed by atoms with Crippen LogP contribution in [0.1, 0.15) is 25.0 Å². The van der Waals surface area contributed by atoms with Crippen molar-refractivity contribution < 1.29 is 0 Å². The molecule has 2 heteroatoms. The van der Waals surface area contributed by atoms with E-state index < -0.39 is 0 Å². The molecule has 3 rings (SSSR count). The molecule has 0 fully saturated rings. The van der Waals surface area contributed by atoms with E-state index in [2.05, 4.69) is 95.4 Å². The van der Waals surface area contributed by atoms with Crippen LogP contribution in [0.3, 0.4) is 0 Å². The number of rotatable bonds is 0. The maximum absolute atomic E-state index is 2.39. The van der Waals surface area contributed by atoms with Gasteiger partial charge in [0.25, 0.3) is 0 Å². The van der Waals surface area contributed by atoms with Crippen molar-refractivity contribution in [1.82, 2.24) is 0 Å². The molecule has 0 amide bonds. The fraction of sp³-hybridized carbons (Fsp3) is 0.200. The Kier molecular flexibility index (Phi) is 2.78. The fourth-order valence-corrected chi connectivity index (χ4v) is 3.66. The highest BCUT2D eigenvalue weighted by atomic mass is 127. The van der Waals surface area contributed by atoms with E-state index >= 15 is 0 Å². The van der Waals surface area contributed by atoms with Crippen LogP contribution in [0, 0.1) is 7.14 Å². The van der Waals surface area contributed by atoms with Crippen molar-refractivity contribution in [2.24, 2.45) is 0 Å². The lowest BCUT2D eigenvalue weighted by atomic mass is 9.82. The molecule has 1 aliphatic carbocycles. The summed E-state index contributed by atoms with van der Waals surface area (Å²) in [5, 5.41) is 0. The molecule has 0 aliphatic heterocycles. The molecule has 0 spiro atoms. The molecule has 86 valence electrons. The summed E-state index contributed by atoms with van der Waals surface area (Å²) in [6, 6.07) is 13.6. The second-order valence-electron chi connectivity index (χ2n) is 5.00. The lowest BCUT2D eigenvalue weighted by Gasteiger charge is -2.21. The molecule has 0 nitrogen and oxygen atoms in total. The quantitative estimate of drug-likeness (QED) is 0.489. The second-order valence-corrected chi connectivity index (χ2v) is 7.50. The van der Waals surface area contributed by atoms with Gasteiger partial charge in [-0.25, -0.2) is 0 Å². The summed E-state index contributed by atoms with van der Waals surface area (Å²) in [6.45, 7) is 4.65. The van der Waals surface area contributed by atoms with Crippen LogP contribution in [0.5, 0.6) is 0 Å². The molecule has 0 bridgehead atoms. The summed E-state index contributed by atoms with van der Waals surface area (Å²) in [6.07, 6.45) is 0. The van der Waals surface area contributed by atoms with Gasteiger partial charge in [0.1, 0.15) is 0 Å². The summed E-state index contributed by atoms with van der Waals surface area (Å²) in [5.74, 6) is 0. The Morgan fingerprint density at radius 1 is 0.765 bits per heavy atom. The van der Waals surface area contributed by atoms with E-state index in [-0.39, 0.29) is 5.41 Å². The van der Waals surface area contributed by atoms with E-state index in [1.807, 2.05) is 0 Å². The Balaban J connectivity index is 2.37. The van der Waals surface area contributed by atoms with E-state index in [0.29, 0.717) is 0 Å². The SMILES string of the molecule is CC1(C)c2cc(I)ccc2-c2ccc(I)cc21. The molecule has 0 unspecified atom stereocenters. The van der Waals surface area contributed by atoms with Crippen molar-refractivity contribution >= 4 is 45.2 Å². The van der Waals surface area contributed by atoms with Gasteiger partial charge in [0.2, 0.25) is 0 Å². The first-order chi connectivity index (χ1) is 8.00. The zero-order chi connectivity index (χ0) is 12.2. The van der Waals surface area contributed by atoms with Crippen LogP contribution in [0.2, 0.25) is 0 Å². The first-order valence-electron chi connectivity index (χ1n) is 5.60. The van der Waals surface area contributed by atoms with Gasteiger partial charge in [-0.2, -0.15) is 0 Å². The number of fused-ring (bicyclic) bond motifs is 3. The van der Waals surface area contributed by atoms with Crippen molar-refractivity contribution in [3.8, 4) is 11.1 Å². The summed E-state index contributed by atoms with van der Waals surface area (Å²) < 4.78 is 2.63. The number of halogens is 2. The molecule has 17 heavy (non-hydrogen) atoms. The maximum Gasteiger partial charge on any atom is 0.0159 e. The van der Waals surface area contributed by atoms with Gasteiger partial charge in [-0.15, -0.1) is 0 Å². The normalized spacial score (nSPS) is 15.5. The third-order valence-corrected chi connectivity index (χ3v) is 4.94. The van der Waals surface area contributed by atoms with Gasteiger partial charge in [-0.1, -0.05) is 26.0 Å². The molecule has 0 N–H and O–H groups in total. The van der Waals surface area contributed by atoms with Crippen LogP contribution in [0.25, 0.3) is 11.1 Å². The van der Waals surface area contributed by atoms with Crippen LogP contribution in [-0.2, 0) is 5.41 Å². The van der Waals surface area contributed by atoms with Gasteiger partial charge >= 0.3 is 0 Å². The lowest BCUT2D eigenvalue weighted by molar-refractivity contribution is 0.659. The molecule has 2 aromatic carbocycles. The Hall–Kier alpha value is -0.100. The molecule has 1 aliphatic rings. The smallest absolute Gasteiger partial charge is 0.0159 e. The zero-order valence-electron chi connectivity index (χ0n) is 9.72. The molecular formula is C15H12I2. The minimum atomic E-state index is 0.132. The molecule has 0 saturated carbocycles. The monoisotopic (exact) mass is 446 g/mol. The van der Waals surface area contributed by atoms with E-state index in [1.165, 1.54) is 29.4 Å². The van der Waals surface area contributed by atoms with E-state index in [9.17, 15) is 0 Å². The van der Waals surface area contributed by atoms with Crippen LogP contribution < -0.4 is 0 Å². The molecule has 0 saturated heterocycles. The molecule has 0 heterocycles. The number of hydrogen-bond donors (Lipinski definition) is 0. The van der Waals surface area contributed by atoms with Gasteiger partial charge in [0.15, 0.2) is 0 Å². The summed E-state index contributed by atoms with van der Waals surface area (Å²) in [7, 11) is 0. The average molecular weight is 446 g/mol. The summed E-state index contributed by atoms with van der Waals surface area (Å²) in [4.78, 5) is 0. The zero-order valence-corrected chi connectivity index (χ0v) is 14.0. The Bertz CT molecular complexity index is 559. The van der Waals surface area contributed by atoms with E-state index in [1.54, 1.807) is 0 Å². The first kappa shape index (κ1) is 12.0. The lowest BCUT2D eigenvalue weighted by Crippen LogP contribution is -2.15. The highest BCUT2D eigenvalue weighted by molar-refractivity contribution is 14.1. The van der Waals surface area contributed by atoms with Crippen LogP contribution in [0.4, 0.5) is 0 Å². The van der Waals surface area contributed by atoms with Gasteiger partial charge in [0.05, 0.1) is 0 Å². The molecule has 0 atom stereocenters. The van der Waals surface area contributed by atoms with Crippen molar-refractivity contribution in [1.29, 1.82) is 0 Å². The molecular weight excluding hydrogens is 434 g/mol. The Morgan fingerprint density at radius 3 is 1.59 bits per heavy atom. The van der Waals surface area contributed by atoms with Gasteiger partial charge in [-0.3, -0.25) is 0 Å². The standard InChI is InChI=1S/C15H12I2/c1-15(2)13-7-9(16)3-5-11(13)12-6-4-10(17)8-14(12)15/h3-8H,1-2H3. The molecule has 2 aromatic rings. The predicted octanol–water partition coefficient (Wildman–Crippen LogP) is 5.20. The Morgan fingerprint density at radius 2 is 1.18 bits per heavy atom. The summed E-state index contributed by atoms with van der Waals surface area (Å²) >= 11 is 4.79. The van der Waals surface area contributed by atoms with Crippen LogP contribution >= 0.6 is 45.2 Å². The Labute approximate surface area is 129 Å². The topological polar surface area (TPSA) is 0 Å². The van der Waals surface area contributed by atoms with E-state index in [0.717, 1.165) is 0 Å². The van der Waals surface area contributed by atoms with E-state index in [4.69, 9.17) is 0 Å². The van der Waals surface area contributed by atoms with Crippen molar-refractivity contribution in [2.45, 2.75) is 19.3 Å². The fourth-order valence-electron chi connectivity index (χ4n) is 2.68. The second kappa shape index (κ2) is 3.95. The number of benzene rings is 2. The highest BCUT2D eigenvalue weighted by Crippen LogP contribution is 2.49. The minimum absolute atomic E-state index is 0.132. The van der Waals surface area contributed by atoms with Crippen molar-refractivity contribution in [3.63, 3.8) is 0 Å². The summed E-state index contributed by atoms with van der Waals surface area (Å²) in [5.41, 5.74) is 5.86. The highest BCUT2D eigenvalue weighted by Gasteiger charge is 2.35. The third kappa shape index (κ3) is 1.75. The predicted molar refractivity (Wildman–Crippen MR) is 89.4 cm³/mol. The number of hydrogen-bond acceptors (Lipinski definition) is 0. The van der Waals surface area contributed by atoms with Crippen LogP contribution in [0.15, 0.2) is 36.4 Å². The first-order valence-corrected chi connectivity index (χ1v) is 7.76. The van der Waals surface area contributed by atoms with Crippen molar-refractivity contribution in [2.75, 3.05) is 0 Å². The molecule has 0 aromatic heterocycles. The largest absolute Gasteiger partial charge is 0.0530 e. The maximum atomic E-state index is 2.39. The minimum Gasteiger partial charge on any atom is -0.0530 e. The van der Waals surface area contributed by atoms with Gasteiger partial charge in [0, 0.05) is 12.6 Å².